The molecule has 0 spiro atoms. The summed E-state index contributed by atoms with van der Waals surface area (Å²) in [5, 5.41) is 0. The Hall–Kier alpha value is -4.46. The van der Waals surface area contributed by atoms with Gasteiger partial charge >= 0.3 is 5.97 Å². The average molecular weight is 484 g/mol. The summed E-state index contributed by atoms with van der Waals surface area (Å²) in [5.41, 5.74) is 1.91. The number of carbonyl (C=O) groups excluding carboxylic acids is 3. The van der Waals surface area contributed by atoms with Crippen LogP contribution in [-0.2, 0) is 9.53 Å². The molecule has 2 aromatic carbocycles. The maximum absolute atomic E-state index is 14.4. The number of hydrogen-bond donors (Lipinski definition) is 0. The number of rotatable bonds is 4. The Morgan fingerprint density at radius 3 is 2.03 bits per heavy atom. The van der Waals surface area contributed by atoms with Gasteiger partial charge in [0.05, 0.1) is 34.9 Å². The lowest BCUT2D eigenvalue weighted by atomic mass is 9.90. The normalized spacial score (nSPS) is 16.8. The molecule has 0 aliphatic carbocycles. The predicted octanol–water partition coefficient (Wildman–Crippen LogP) is 3.62. The molecule has 2 aliphatic heterocycles. The van der Waals surface area contributed by atoms with Crippen LogP contribution in [0.2, 0.25) is 0 Å². The number of pyridine rings is 1. The second-order valence-electron chi connectivity index (χ2n) is 8.75. The quantitative estimate of drug-likeness (QED) is 0.416. The third kappa shape index (κ3) is 3.21. The lowest BCUT2D eigenvalue weighted by Gasteiger charge is -2.38. The fourth-order valence-electron chi connectivity index (χ4n) is 5.05. The summed E-state index contributed by atoms with van der Waals surface area (Å²) in [6.45, 7) is 3.64. The van der Waals surface area contributed by atoms with Gasteiger partial charge < -0.3 is 9.64 Å². The van der Waals surface area contributed by atoms with E-state index in [1.54, 1.807) is 50.1 Å². The number of benzene rings is 2. The summed E-state index contributed by atoms with van der Waals surface area (Å²) in [7, 11) is 3.09. The highest BCUT2D eigenvalue weighted by molar-refractivity contribution is 6.26. The maximum atomic E-state index is 14.4. The highest BCUT2D eigenvalue weighted by atomic mass is 16.5. The van der Waals surface area contributed by atoms with Crippen LogP contribution in [0.4, 0.5) is 5.82 Å². The summed E-state index contributed by atoms with van der Waals surface area (Å²) in [5.74, 6) is -1.30. The van der Waals surface area contributed by atoms with Crippen LogP contribution in [0.25, 0.3) is 11.1 Å². The second-order valence-corrected chi connectivity index (χ2v) is 8.75. The van der Waals surface area contributed by atoms with Crippen molar-refractivity contribution in [2.75, 3.05) is 25.6 Å². The number of aromatic nitrogens is 1. The van der Waals surface area contributed by atoms with Crippen molar-refractivity contribution in [1.82, 2.24) is 9.47 Å². The van der Waals surface area contributed by atoms with Crippen molar-refractivity contribution in [2.24, 2.45) is 0 Å². The third-order valence-corrected chi connectivity index (χ3v) is 6.84. The Bertz CT molecular complexity index is 1510. The van der Waals surface area contributed by atoms with Gasteiger partial charge in [0.25, 0.3) is 17.4 Å². The first-order valence-electron chi connectivity index (χ1n) is 11.7. The minimum atomic E-state index is -0.856. The Morgan fingerprint density at radius 1 is 0.833 bits per heavy atom. The lowest BCUT2D eigenvalue weighted by Crippen LogP contribution is -2.42. The van der Waals surface area contributed by atoms with Gasteiger partial charge in [-0.3, -0.25) is 23.9 Å². The van der Waals surface area contributed by atoms with Crippen LogP contribution in [-0.4, -0.2) is 48.0 Å². The van der Waals surface area contributed by atoms with Crippen molar-refractivity contribution in [3.63, 3.8) is 0 Å². The SMILES string of the molecule is CCOC(=O)C1=C(C)N(C)c2c3c(c(-c4ccccc4)c(=O)n2C1c1ccccc1)C(=O)N(C)C3=O. The maximum Gasteiger partial charge on any atom is 0.338 e. The molecular formula is C28H25N3O5. The van der Waals surface area contributed by atoms with E-state index in [0.717, 1.165) is 4.90 Å². The van der Waals surface area contributed by atoms with Gasteiger partial charge in [-0.15, -0.1) is 0 Å². The number of fused-ring (bicyclic) bond motifs is 3. The van der Waals surface area contributed by atoms with Crippen molar-refractivity contribution >= 4 is 23.6 Å². The van der Waals surface area contributed by atoms with Crippen LogP contribution in [0.3, 0.4) is 0 Å². The molecule has 2 aliphatic rings. The number of carbonyl (C=O) groups is 3. The monoisotopic (exact) mass is 483 g/mol. The molecule has 0 bridgehead atoms. The predicted molar refractivity (Wildman–Crippen MR) is 135 cm³/mol. The summed E-state index contributed by atoms with van der Waals surface area (Å²) < 4.78 is 6.86. The highest BCUT2D eigenvalue weighted by Gasteiger charge is 2.46. The van der Waals surface area contributed by atoms with Crippen molar-refractivity contribution in [1.29, 1.82) is 0 Å². The molecule has 2 amide bonds. The first-order valence-corrected chi connectivity index (χ1v) is 11.7. The first-order chi connectivity index (χ1) is 17.3. The molecule has 8 heteroatoms. The summed E-state index contributed by atoms with van der Waals surface area (Å²) >= 11 is 0. The molecule has 1 aromatic heterocycles. The van der Waals surface area contributed by atoms with E-state index in [1.807, 2.05) is 36.4 Å². The number of ether oxygens (including phenoxy) is 1. The van der Waals surface area contributed by atoms with Gasteiger partial charge in [-0.1, -0.05) is 60.7 Å². The van der Waals surface area contributed by atoms with Crippen LogP contribution in [0, 0.1) is 0 Å². The molecular weight excluding hydrogens is 458 g/mol. The molecule has 3 aromatic rings. The summed E-state index contributed by atoms with van der Waals surface area (Å²) in [6.07, 6.45) is 0. The number of esters is 1. The second kappa shape index (κ2) is 8.64. The Labute approximate surface area is 208 Å². The smallest absolute Gasteiger partial charge is 0.338 e. The number of hydrogen-bond acceptors (Lipinski definition) is 6. The molecule has 0 radical (unpaired) electrons. The Balaban J connectivity index is 1.96. The van der Waals surface area contributed by atoms with E-state index >= 15 is 0 Å². The molecule has 0 saturated carbocycles. The largest absolute Gasteiger partial charge is 0.463 e. The molecule has 5 rings (SSSR count). The Kier molecular flexibility index (Phi) is 5.59. The van der Waals surface area contributed by atoms with E-state index in [0.29, 0.717) is 22.4 Å². The molecule has 1 unspecified atom stereocenters. The van der Waals surface area contributed by atoms with Crippen molar-refractivity contribution in [3.05, 3.63) is 99.0 Å². The van der Waals surface area contributed by atoms with Gasteiger partial charge in [0, 0.05) is 19.8 Å². The van der Waals surface area contributed by atoms with E-state index in [4.69, 9.17) is 4.74 Å². The van der Waals surface area contributed by atoms with Gasteiger partial charge in [0.2, 0.25) is 0 Å². The van der Waals surface area contributed by atoms with Crippen LogP contribution in [0.1, 0.15) is 46.2 Å². The number of anilines is 1. The average Bonchev–Trinajstić information content (AvgIpc) is 3.10. The van der Waals surface area contributed by atoms with Crippen molar-refractivity contribution in [2.45, 2.75) is 19.9 Å². The minimum absolute atomic E-state index is 0.0796. The zero-order chi connectivity index (χ0) is 25.7. The van der Waals surface area contributed by atoms with Crippen LogP contribution < -0.4 is 10.5 Å². The molecule has 0 fully saturated rings. The minimum Gasteiger partial charge on any atom is -0.463 e. The van der Waals surface area contributed by atoms with Crippen LogP contribution in [0.5, 0.6) is 0 Å². The summed E-state index contributed by atoms with van der Waals surface area (Å²) in [6, 6.07) is 17.1. The standard InChI is InChI=1S/C28H25N3O5/c1-5-36-28(35)19-16(2)29(3)24-22-21(25(32)30(4)26(22)33)20(17-12-8-6-9-13-17)27(34)31(24)23(19)18-14-10-7-11-15-18/h6-15,23H,5H2,1-4H3. The fraction of sp³-hybridized carbons (Fsp3) is 0.214. The lowest BCUT2D eigenvalue weighted by molar-refractivity contribution is -0.139. The molecule has 3 heterocycles. The number of allylic oxidation sites excluding steroid dienone is 1. The molecule has 0 saturated heterocycles. The van der Waals surface area contributed by atoms with E-state index in [9.17, 15) is 19.2 Å². The van der Waals surface area contributed by atoms with E-state index < -0.39 is 29.4 Å². The summed E-state index contributed by atoms with van der Waals surface area (Å²) in [4.78, 5) is 57.0. The number of nitrogens with zero attached hydrogens (tertiary/aromatic N) is 3. The van der Waals surface area contributed by atoms with Crippen LogP contribution >= 0.6 is 0 Å². The topological polar surface area (TPSA) is 88.9 Å². The molecule has 8 nitrogen and oxygen atoms in total. The zero-order valence-corrected chi connectivity index (χ0v) is 20.4. The molecule has 182 valence electrons. The van der Waals surface area contributed by atoms with E-state index in [-0.39, 0.29) is 29.1 Å². The first kappa shape index (κ1) is 23.3. The van der Waals surface area contributed by atoms with Crippen molar-refractivity contribution in [3.8, 4) is 11.1 Å². The van der Waals surface area contributed by atoms with E-state index in [1.165, 1.54) is 11.6 Å². The molecule has 0 N–H and O–H groups in total. The van der Waals surface area contributed by atoms with Gasteiger partial charge in [-0.05, 0) is 25.0 Å². The van der Waals surface area contributed by atoms with Gasteiger partial charge in [-0.25, -0.2) is 4.79 Å². The Morgan fingerprint density at radius 2 is 1.42 bits per heavy atom. The van der Waals surface area contributed by atoms with Crippen molar-refractivity contribution < 1.29 is 19.1 Å². The third-order valence-electron chi connectivity index (χ3n) is 6.84. The zero-order valence-electron chi connectivity index (χ0n) is 20.4. The number of amides is 2. The van der Waals surface area contributed by atoms with E-state index in [2.05, 4.69) is 0 Å². The van der Waals surface area contributed by atoms with Gasteiger partial charge in [-0.2, -0.15) is 0 Å². The number of imide groups is 1. The molecule has 36 heavy (non-hydrogen) atoms. The highest BCUT2D eigenvalue weighted by Crippen LogP contribution is 2.44. The van der Waals surface area contributed by atoms with Gasteiger partial charge in [0.1, 0.15) is 5.82 Å². The molecule has 1 atom stereocenters. The fourth-order valence-corrected chi connectivity index (χ4v) is 5.05. The van der Waals surface area contributed by atoms with Crippen LogP contribution in [0.15, 0.2) is 76.7 Å². The van der Waals surface area contributed by atoms with Gasteiger partial charge in [0.15, 0.2) is 0 Å².